The van der Waals surface area contributed by atoms with Gasteiger partial charge < -0.3 is 15.0 Å². The van der Waals surface area contributed by atoms with Crippen molar-refractivity contribution in [1.82, 2.24) is 10.3 Å². The Bertz CT molecular complexity index is 1060. The number of nitrogens with one attached hydrogen (secondary N) is 1. The van der Waals surface area contributed by atoms with Gasteiger partial charge >= 0.3 is 6.36 Å². The molecule has 9 heteroatoms. The number of carbonyl (C=O) groups excluding carboxylic acids is 1. The third-order valence-electron chi connectivity index (χ3n) is 5.29. The van der Waals surface area contributed by atoms with Gasteiger partial charge in [0.25, 0.3) is 0 Å². The maximum atomic E-state index is 12.5. The Kier molecular flexibility index (Phi) is 6.04. The van der Waals surface area contributed by atoms with Crippen molar-refractivity contribution in [2.45, 2.75) is 32.7 Å². The van der Waals surface area contributed by atoms with Gasteiger partial charge in [0.05, 0.1) is 10.2 Å². The van der Waals surface area contributed by atoms with Crippen LogP contribution in [0.3, 0.4) is 0 Å². The molecule has 1 fully saturated rings. The number of carbonyl (C=O) groups is 1. The minimum atomic E-state index is -4.71. The molecule has 0 unspecified atom stereocenters. The van der Waals surface area contributed by atoms with Crippen molar-refractivity contribution in [1.29, 1.82) is 0 Å². The number of benzene rings is 2. The second kappa shape index (κ2) is 8.74. The summed E-state index contributed by atoms with van der Waals surface area (Å²) in [5, 5.41) is 3.87. The number of thiazole rings is 1. The number of nitrogens with zero attached hydrogens (tertiary/aromatic N) is 2. The molecule has 4 rings (SSSR count). The lowest BCUT2D eigenvalue weighted by Gasteiger charge is -2.31. The Morgan fingerprint density at radius 2 is 1.90 bits per heavy atom. The van der Waals surface area contributed by atoms with Crippen LogP contribution in [0.15, 0.2) is 42.5 Å². The predicted octanol–water partition coefficient (Wildman–Crippen LogP) is 5.04. The van der Waals surface area contributed by atoms with Crippen LogP contribution >= 0.6 is 11.3 Å². The van der Waals surface area contributed by atoms with Crippen molar-refractivity contribution in [3.05, 3.63) is 53.6 Å². The van der Waals surface area contributed by atoms with E-state index in [2.05, 4.69) is 34.0 Å². The van der Waals surface area contributed by atoms with E-state index in [4.69, 9.17) is 4.98 Å². The molecule has 5 nitrogen and oxygen atoms in total. The number of aryl methyl sites for hydroxylation is 1. The van der Waals surface area contributed by atoms with Gasteiger partial charge in [-0.05, 0) is 55.2 Å². The van der Waals surface area contributed by atoms with Crippen molar-refractivity contribution in [3.63, 3.8) is 0 Å². The topological polar surface area (TPSA) is 54.5 Å². The Hall–Kier alpha value is -2.81. The number of hydrogen-bond acceptors (Lipinski definition) is 5. The fraction of sp³-hybridized carbons (Fsp3) is 0.364. The largest absolute Gasteiger partial charge is 0.573 e. The minimum absolute atomic E-state index is 0.0322. The molecule has 1 amide bonds. The molecule has 0 spiro atoms. The number of anilines is 1. The number of aromatic nitrogens is 1. The first-order valence-corrected chi connectivity index (χ1v) is 10.8. The summed E-state index contributed by atoms with van der Waals surface area (Å²) in [6, 6.07) is 11.7. The molecule has 0 aliphatic carbocycles. The van der Waals surface area contributed by atoms with Gasteiger partial charge in [-0.2, -0.15) is 0 Å². The summed E-state index contributed by atoms with van der Waals surface area (Å²) in [5.74, 6) is -0.393. The first-order valence-electron chi connectivity index (χ1n) is 10.0. The van der Waals surface area contributed by atoms with Crippen molar-refractivity contribution in [2.24, 2.45) is 5.92 Å². The number of hydrogen-bond donors (Lipinski definition) is 1. The van der Waals surface area contributed by atoms with Crippen LogP contribution in [-0.2, 0) is 11.3 Å². The van der Waals surface area contributed by atoms with Crippen LogP contribution in [0.25, 0.3) is 10.2 Å². The van der Waals surface area contributed by atoms with E-state index in [-0.39, 0.29) is 24.1 Å². The number of halogens is 3. The average molecular weight is 449 g/mol. The average Bonchev–Trinajstić information content (AvgIpc) is 3.15. The second-order valence-electron chi connectivity index (χ2n) is 7.64. The maximum Gasteiger partial charge on any atom is 0.573 e. The van der Waals surface area contributed by atoms with Gasteiger partial charge in [0, 0.05) is 25.6 Å². The van der Waals surface area contributed by atoms with Gasteiger partial charge in [0.15, 0.2) is 5.13 Å². The van der Waals surface area contributed by atoms with E-state index >= 15 is 0 Å². The summed E-state index contributed by atoms with van der Waals surface area (Å²) in [6.45, 7) is 3.86. The summed E-state index contributed by atoms with van der Waals surface area (Å²) in [4.78, 5) is 19.5. The smallest absolute Gasteiger partial charge is 0.406 e. The SMILES string of the molecule is Cc1ccc2nc(N3CCC(C(=O)NCc4ccc(OC(F)(F)F)cc4)CC3)sc2c1. The molecule has 164 valence electrons. The highest BCUT2D eigenvalue weighted by Gasteiger charge is 2.31. The molecule has 0 atom stereocenters. The summed E-state index contributed by atoms with van der Waals surface area (Å²) in [6.07, 6.45) is -3.24. The van der Waals surface area contributed by atoms with Gasteiger partial charge in [-0.15, -0.1) is 13.2 Å². The zero-order chi connectivity index (χ0) is 22.0. The van der Waals surface area contributed by atoms with Crippen molar-refractivity contribution in [2.75, 3.05) is 18.0 Å². The summed E-state index contributed by atoms with van der Waals surface area (Å²) < 4.78 is 41.7. The molecule has 0 saturated carbocycles. The van der Waals surface area contributed by atoms with Crippen molar-refractivity contribution >= 4 is 32.6 Å². The van der Waals surface area contributed by atoms with Crippen LogP contribution in [0.5, 0.6) is 5.75 Å². The van der Waals surface area contributed by atoms with E-state index in [0.29, 0.717) is 5.56 Å². The highest BCUT2D eigenvalue weighted by atomic mass is 32.1. The Labute approximate surface area is 181 Å². The second-order valence-corrected chi connectivity index (χ2v) is 8.65. The molecular formula is C22H22F3N3O2S. The van der Waals surface area contributed by atoms with Crippen LogP contribution < -0.4 is 15.0 Å². The van der Waals surface area contributed by atoms with E-state index < -0.39 is 6.36 Å². The lowest BCUT2D eigenvalue weighted by atomic mass is 9.96. The third-order valence-corrected chi connectivity index (χ3v) is 6.37. The number of amides is 1. The lowest BCUT2D eigenvalue weighted by Crippen LogP contribution is -2.40. The summed E-state index contributed by atoms with van der Waals surface area (Å²) in [5.41, 5.74) is 2.92. The van der Waals surface area contributed by atoms with E-state index in [1.54, 1.807) is 11.3 Å². The van der Waals surface area contributed by atoms with Crippen LogP contribution in [-0.4, -0.2) is 30.3 Å². The van der Waals surface area contributed by atoms with Crippen molar-refractivity contribution in [3.8, 4) is 5.75 Å². The third kappa shape index (κ3) is 5.46. The van der Waals surface area contributed by atoms with Crippen LogP contribution in [0, 0.1) is 12.8 Å². The minimum Gasteiger partial charge on any atom is -0.406 e. The standard InChI is InChI=1S/C22H22F3N3O2S/c1-14-2-7-18-19(12-14)31-21(27-18)28-10-8-16(9-11-28)20(29)26-13-15-3-5-17(6-4-15)30-22(23,24)25/h2-7,12,16H,8-11,13H2,1H3,(H,26,29). The summed E-state index contributed by atoms with van der Waals surface area (Å²) in [7, 11) is 0. The molecular weight excluding hydrogens is 427 g/mol. The van der Waals surface area contributed by atoms with E-state index in [1.165, 1.54) is 34.5 Å². The molecule has 3 aromatic rings. The molecule has 1 aliphatic heterocycles. The molecule has 2 heterocycles. The molecule has 1 aromatic heterocycles. The van der Waals surface area contributed by atoms with Crippen LogP contribution in [0.4, 0.5) is 18.3 Å². The highest BCUT2D eigenvalue weighted by molar-refractivity contribution is 7.22. The molecule has 2 aromatic carbocycles. The normalized spacial score (nSPS) is 15.3. The van der Waals surface area contributed by atoms with Crippen LogP contribution in [0.2, 0.25) is 0 Å². The number of alkyl halides is 3. The molecule has 0 radical (unpaired) electrons. The van der Waals surface area contributed by atoms with E-state index in [1.807, 2.05) is 6.07 Å². The number of piperidine rings is 1. The lowest BCUT2D eigenvalue weighted by molar-refractivity contribution is -0.274. The molecule has 1 saturated heterocycles. The zero-order valence-corrected chi connectivity index (χ0v) is 17.7. The Morgan fingerprint density at radius 3 is 2.58 bits per heavy atom. The van der Waals surface area contributed by atoms with Gasteiger partial charge in [-0.3, -0.25) is 4.79 Å². The number of fused-ring (bicyclic) bond motifs is 1. The molecule has 1 N–H and O–H groups in total. The van der Waals surface area contributed by atoms with E-state index in [0.717, 1.165) is 36.6 Å². The van der Waals surface area contributed by atoms with Gasteiger partial charge in [0.2, 0.25) is 5.91 Å². The zero-order valence-electron chi connectivity index (χ0n) is 16.9. The van der Waals surface area contributed by atoms with Gasteiger partial charge in [0.1, 0.15) is 5.75 Å². The van der Waals surface area contributed by atoms with E-state index in [9.17, 15) is 18.0 Å². The molecule has 0 bridgehead atoms. The molecule has 31 heavy (non-hydrogen) atoms. The van der Waals surface area contributed by atoms with Gasteiger partial charge in [-0.25, -0.2) is 4.98 Å². The monoisotopic (exact) mass is 449 g/mol. The first kappa shape index (κ1) is 21.4. The van der Waals surface area contributed by atoms with Crippen LogP contribution in [0.1, 0.15) is 24.0 Å². The highest BCUT2D eigenvalue weighted by Crippen LogP contribution is 2.32. The van der Waals surface area contributed by atoms with Crippen molar-refractivity contribution < 1.29 is 22.7 Å². The molecule has 1 aliphatic rings. The first-order chi connectivity index (χ1) is 14.8. The van der Waals surface area contributed by atoms with Gasteiger partial charge in [-0.1, -0.05) is 29.5 Å². The predicted molar refractivity (Wildman–Crippen MR) is 114 cm³/mol. The fourth-order valence-corrected chi connectivity index (χ4v) is 4.75. The summed E-state index contributed by atoms with van der Waals surface area (Å²) >= 11 is 1.67. The fourth-order valence-electron chi connectivity index (χ4n) is 3.63. The Balaban J connectivity index is 1.27. The number of rotatable bonds is 5. The Morgan fingerprint density at radius 1 is 1.19 bits per heavy atom. The number of ether oxygens (including phenoxy) is 1. The maximum absolute atomic E-state index is 12.5. The quantitative estimate of drug-likeness (QED) is 0.593.